The van der Waals surface area contributed by atoms with E-state index in [1.54, 1.807) is 6.08 Å². The summed E-state index contributed by atoms with van der Waals surface area (Å²) in [5.74, 6) is -1.16. The Bertz CT molecular complexity index is 1380. The molecule has 0 spiro atoms. The lowest BCUT2D eigenvalue weighted by Gasteiger charge is -2.34. The van der Waals surface area contributed by atoms with Crippen molar-refractivity contribution < 1.29 is 14.6 Å². The fourth-order valence-corrected chi connectivity index (χ4v) is 5.37. The maximum Gasteiger partial charge on any atom is 0.270 e. The highest BCUT2D eigenvalue weighted by atomic mass is 16.6. The molecule has 0 saturated carbocycles. The van der Waals surface area contributed by atoms with Gasteiger partial charge in [-0.25, -0.2) is 0 Å². The number of benzene rings is 3. The number of hydrogen-bond acceptors (Lipinski definition) is 7. The van der Waals surface area contributed by atoms with Crippen LogP contribution in [-0.2, 0) is 0 Å². The fraction of sp³-hybridized carbons (Fsp3) is 0.222. The number of nitro groups is 2. The average Bonchev–Trinajstić information content (AvgIpc) is 3.24. The van der Waals surface area contributed by atoms with Crippen molar-refractivity contribution >= 4 is 28.9 Å². The van der Waals surface area contributed by atoms with Crippen LogP contribution in [0.1, 0.15) is 27.4 Å². The van der Waals surface area contributed by atoms with Gasteiger partial charge in [0, 0.05) is 48.1 Å². The van der Waals surface area contributed by atoms with Gasteiger partial charge in [-0.2, -0.15) is 0 Å². The molecule has 9 nitrogen and oxygen atoms in total. The van der Waals surface area contributed by atoms with Gasteiger partial charge in [0.05, 0.1) is 10.8 Å². The van der Waals surface area contributed by atoms with E-state index in [1.807, 2.05) is 78.5 Å². The summed E-state index contributed by atoms with van der Waals surface area (Å²) < 4.78 is 0. The molecule has 0 bridgehead atoms. The van der Waals surface area contributed by atoms with Crippen LogP contribution in [0.5, 0.6) is 0 Å². The molecule has 0 unspecified atom stereocenters. The van der Waals surface area contributed by atoms with Gasteiger partial charge in [0.2, 0.25) is 6.04 Å². The van der Waals surface area contributed by atoms with Gasteiger partial charge in [0.1, 0.15) is 12.1 Å². The van der Waals surface area contributed by atoms with Crippen LogP contribution in [0.3, 0.4) is 0 Å². The van der Waals surface area contributed by atoms with Gasteiger partial charge in [-0.15, -0.1) is 0 Å². The number of nitro benzene ring substituents is 1. The Labute approximate surface area is 207 Å². The third-order valence-corrected chi connectivity index (χ3v) is 7.01. The van der Waals surface area contributed by atoms with Crippen molar-refractivity contribution in [2.45, 2.75) is 24.0 Å². The number of carbonyl (C=O) groups excluding carboxylic acids is 1. The molecule has 2 aliphatic heterocycles. The number of para-hydroxylation sites is 1. The molecule has 0 aliphatic carbocycles. The number of rotatable bonds is 6. The lowest BCUT2D eigenvalue weighted by atomic mass is 9.83. The minimum Gasteiger partial charge on any atom is -0.378 e. The molecule has 0 aromatic heterocycles. The van der Waals surface area contributed by atoms with Crippen molar-refractivity contribution in [1.82, 2.24) is 0 Å². The minimum absolute atomic E-state index is 0.152. The van der Waals surface area contributed by atoms with Gasteiger partial charge in [0.15, 0.2) is 5.78 Å². The van der Waals surface area contributed by atoms with Crippen LogP contribution in [0.2, 0.25) is 0 Å². The molecule has 4 atom stereocenters. The molecular formula is C27H24N4O5. The fourth-order valence-electron chi connectivity index (χ4n) is 5.37. The summed E-state index contributed by atoms with van der Waals surface area (Å²) in [5.41, 5.74) is 3.14. The molecule has 0 radical (unpaired) electrons. The number of non-ortho nitro benzene ring substituents is 1. The predicted molar refractivity (Wildman–Crippen MR) is 137 cm³/mol. The van der Waals surface area contributed by atoms with E-state index in [9.17, 15) is 25.0 Å². The predicted octanol–water partition coefficient (Wildman–Crippen LogP) is 4.56. The van der Waals surface area contributed by atoms with E-state index in [-0.39, 0.29) is 22.0 Å². The molecule has 2 aliphatic rings. The summed E-state index contributed by atoms with van der Waals surface area (Å²) >= 11 is 0. The second-order valence-electron chi connectivity index (χ2n) is 9.22. The van der Waals surface area contributed by atoms with E-state index in [4.69, 9.17) is 0 Å². The number of hydrogen-bond donors (Lipinski definition) is 0. The highest BCUT2D eigenvalue weighted by molar-refractivity contribution is 6.04. The van der Waals surface area contributed by atoms with Crippen molar-refractivity contribution in [1.29, 1.82) is 0 Å². The topological polar surface area (TPSA) is 110 Å². The molecule has 1 saturated heterocycles. The Balaban J connectivity index is 1.70. The molecule has 3 aromatic rings. The highest BCUT2D eigenvalue weighted by Crippen LogP contribution is 2.47. The Kier molecular flexibility index (Phi) is 5.75. The Morgan fingerprint density at radius 2 is 1.67 bits per heavy atom. The standard InChI is InChI=1S/C27H24N4O5/c1-28(2)20-13-10-18(11-14-20)24-25(31(35)36)23-15-12-17-6-3-4-9-22(17)29(23)26(24)27(32)19-7-5-8-21(16-19)30(33)34/h3-16,23-26H,1-2H3/t23-,24+,25-,26-/m1/s1. The molecule has 0 amide bonds. The number of carbonyl (C=O) groups is 1. The first-order chi connectivity index (χ1) is 17.3. The second-order valence-corrected chi connectivity index (χ2v) is 9.22. The summed E-state index contributed by atoms with van der Waals surface area (Å²) in [6, 6.07) is 17.8. The lowest BCUT2D eigenvalue weighted by molar-refractivity contribution is -0.524. The molecule has 3 aromatic carbocycles. The minimum atomic E-state index is -1.09. The monoisotopic (exact) mass is 484 g/mol. The van der Waals surface area contributed by atoms with Crippen molar-refractivity contribution in [3.05, 3.63) is 116 Å². The maximum atomic E-state index is 14.1. The Hall–Kier alpha value is -4.53. The lowest BCUT2D eigenvalue weighted by Crippen LogP contribution is -2.44. The zero-order valence-corrected chi connectivity index (χ0v) is 19.7. The first kappa shape index (κ1) is 23.2. The van der Waals surface area contributed by atoms with Crippen molar-refractivity contribution in [3.63, 3.8) is 0 Å². The number of Topliss-reactive ketones (excluding diaryl/α,β-unsaturated/α-hetero) is 1. The zero-order valence-electron chi connectivity index (χ0n) is 19.7. The van der Waals surface area contributed by atoms with Crippen LogP contribution in [0, 0.1) is 20.2 Å². The van der Waals surface area contributed by atoms with Gasteiger partial charge in [-0.3, -0.25) is 25.0 Å². The van der Waals surface area contributed by atoms with E-state index in [2.05, 4.69) is 0 Å². The van der Waals surface area contributed by atoms with Crippen LogP contribution in [0.15, 0.2) is 78.9 Å². The van der Waals surface area contributed by atoms with Gasteiger partial charge in [-0.05, 0) is 29.3 Å². The van der Waals surface area contributed by atoms with Crippen LogP contribution in [0.25, 0.3) is 6.08 Å². The van der Waals surface area contributed by atoms with Crippen LogP contribution < -0.4 is 9.80 Å². The van der Waals surface area contributed by atoms with Gasteiger partial charge >= 0.3 is 0 Å². The van der Waals surface area contributed by atoms with E-state index in [0.29, 0.717) is 5.56 Å². The third-order valence-electron chi connectivity index (χ3n) is 7.01. The normalized spacial score (nSPS) is 22.0. The molecular weight excluding hydrogens is 460 g/mol. The summed E-state index contributed by atoms with van der Waals surface area (Å²) in [6.07, 6.45) is 3.65. The molecule has 2 heterocycles. The SMILES string of the molecule is CN(C)c1ccc([C@H]2[C@H]([N+](=O)[O-])[C@H]3C=Cc4ccccc4N3[C@H]2C(=O)c2cccc([N+](=O)[O-])c2)cc1. The second kappa shape index (κ2) is 8.92. The molecule has 1 fully saturated rings. The Morgan fingerprint density at radius 3 is 2.33 bits per heavy atom. The van der Waals surface area contributed by atoms with Gasteiger partial charge in [-0.1, -0.05) is 54.6 Å². The van der Waals surface area contributed by atoms with Crippen molar-refractivity contribution in [3.8, 4) is 0 Å². The molecule has 5 rings (SSSR count). The number of nitrogens with zero attached hydrogens (tertiary/aromatic N) is 4. The first-order valence-electron chi connectivity index (χ1n) is 11.5. The quantitative estimate of drug-likeness (QED) is 0.287. The number of ketones is 1. The Morgan fingerprint density at radius 1 is 0.944 bits per heavy atom. The van der Waals surface area contributed by atoms with E-state index >= 15 is 0 Å². The zero-order chi connectivity index (χ0) is 25.6. The van der Waals surface area contributed by atoms with Crippen molar-refractivity contribution in [2.24, 2.45) is 0 Å². The molecule has 36 heavy (non-hydrogen) atoms. The van der Waals surface area contributed by atoms with E-state index < -0.39 is 29.0 Å². The van der Waals surface area contributed by atoms with Crippen LogP contribution >= 0.6 is 0 Å². The molecule has 182 valence electrons. The number of anilines is 2. The highest BCUT2D eigenvalue weighted by Gasteiger charge is 2.59. The van der Waals surface area contributed by atoms with Crippen LogP contribution in [-0.4, -0.2) is 47.9 Å². The maximum absolute atomic E-state index is 14.1. The summed E-state index contributed by atoms with van der Waals surface area (Å²) in [6.45, 7) is 0. The van der Waals surface area contributed by atoms with E-state index in [1.165, 1.54) is 24.3 Å². The molecule has 0 N–H and O–H groups in total. The summed E-state index contributed by atoms with van der Waals surface area (Å²) in [4.78, 5) is 40.9. The third kappa shape index (κ3) is 3.78. The number of fused-ring (bicyclic) bond motifs is 3. The summed E-state index contributed by atoms with van der Waals surface area (Å²) in [5, 5.41) is 23.9. The van der Waals surface area contributed by atoms with Gasteiger partial charge < -0.3 is 9.80 Å². The largest absolute Gasteiger partial charge is 0.378 e. The smallest absolute Gasteiger partial charge is 0.270 e. The summed E-state index contributed by atoms with van der Waals surface area (Å²) in [7, 11) is 3.81. The van der Waals surface area contributed by atoms with Crippen LogP contribution in [0.4, 0.5) is 17.1 Å². The molecule has 9 heteroatoms. The van der Waals surface area contributed by atoms with Crippen molar-refractivity contribution in [2.75, 3.05) is 23.9 Å². The first-order valence-corrected chi connectivity index (χ1v) is 11.5. The van der Waals surface area contributed by atoms with E-state index in [0.717, 1.165) is 16.9 Å². The average molecular weight is 485 g/mol. The van der Waals surface area contributed by atoms with Gasteiger partial charge in [0.25, 0.3) is 5.69 Å².